The van der Waals surface area contributed by atoms with Gasteiger partial charge < -0.3 is 4.98 Å². The molecule has 0 radical (unpaired) electrons. The van der Waals surface area contributed by atoms with Gasteiger partial charge in [-0.05, 0) is 6.42 Å². The van der Waals surface area contributed by atoms with Gasteiger partial charge in [-0.25, -0.2) is 4.98 Å². The van der Waals surface area contributed by atoms with Gasteiger partial charge in [0.15, 0.2) is 0 Å². The third kappa shape index (κ3) is 2.23. The summed E-state index contributed by atoms with van der Waals surface area (Å²) < 4.78 is 0. The molecule has 0 spiro atoms. The van der Waals surface area contributed by atoms with Crippen molar-refractivity contribution in [2.24, 2.45) is 0 Å². The van der Waals surface area contributed by atoms with Gasteiger partial charge in [0.25, 0.3) is 0 Å². The van der Waals surface area contributed by atoms with Gasteiger partial charge in [-0.2, -0.15) is 0 Å². The Hall–Kier alpha value is -1.65. The maximum atomic E-state index is 11.3. The maximum Gasteiger partial charge on any atom is 0.229 e. The van der Waals surface area contributed by atoms with Crippen LogP contribution in [0.2, 0.25) is 0 Å². The number of imidazole rings is 1. The van der Waals surface area contributed by atoms with E-state index in [1.54, 1.807) is 12.4 Å². The molecule has 1 N–H and O–H groups in total. The number of carbonyl (C=O) groups excluding carboxylic acids is 2. The summed E-state index contributed by atoms with van der Waals surface area (Å²) in [5, 5.41) is 0. The lowest BCUT2D eigenvalue weighted by Crippen LogP contribution is -2.30. The Morgan fingerprint density at radius 2 is 2.07 bits per heavy atom. The van der Waals surface area contributed by atoms with Crippen molar-refractivity contribution in [1.82, 2.24) is 14.9 Å². The number of amides is 2. The minimum atomic E-state index is -0.0422. The molecule has 1 aliphatic heterocycles. The molecule has 5 heteroatoms. The summed E-state index contributed by atoms with van der Waals surface area (Å²) in [6.07, 6.45) is 5.75. The van der Waals surface area contributed by atoms with Crippen molar-refractivity contribution in [2.75, 3.05) is 6.54 Å². The van der Waals surface area contributed by atoms with Crippen LogP contribution in [0.3, 0.4) is 0 Å². The fraction of sp³-hybridized carbons (Fsp3) is 0.500. The van der Waals surface area contributed by atoms with Crippen LogP contribution in [0, 0.1) is 0 Å². The molecule has 2 amide bonds. The Morgan fingerprint density at radius 1 is 1.33 bits per heavy atom. The molecule has 1 aliphatic rings. The van der Waals surface area contributed by atoms with Crippen LogP contribution in [-0.2, 0) is 16.0 Å². The molecule has 2 rings (SSSR count). The van der Waals surface area contributed by atoms with Crippen molar-refractivity contribution in [1.29, 1.82) is 0 Å². The molecule has 1 fully saturated rings. The van der Waals surface area contributed by atoms with E-state index in [9.17, 15) is 9.59 Å². The molecule has 0 aliphatic carbocycles. The number of imide groups is 1. The van der Waals surface area contributed by atoms with Crippen molar-refractivity contribution < 1.29 is 9.59 Å². The van der Waals surface area contributed by atoms with E-state index < -0.39 is 0 Å². The summed E-state index contributed by atoms with van der Waals surface area (Å²) in [6.45, 7) is 0.512. The molecule has 1 aromatic rings. The van der Waals surface area contributed by atoms with Crippen molar-refractivity contribution in [3.8, 4) is 0 Å². The normalized spacial score (nSPS) is 16.4. The third-order valence-corrected chi connectivity index (χ3v) is 2.50. The van der Waals surface area contributed by atoms with E-state index in [-0.39, 0.29) is 11.8 Å². The average Bonchev–Trinajstić information content (AvgIpc) is 2.82. The second-order valence-corrected chi connectivity index (χ2v) is 3.58. The summed E-state index contributed by atoms with van der Waals surface area (Å²) in [5.74, 6) is 0.813. The molecule has 2 heterocycles. The van der Waals surface area contributed by atoms with Gasteiger partial charge in [0, 0.05) is 38.2 Å². The number of aryl methyl sites for hydroxylation is 1. The minimum Gasteiger partial charge on any atom is -0.349 e. The SMILES string of the molecule is O=C1CCC(=O)N1CCCc1ncc[nH]1. The van der Waals surface area contributed by atoms with E-state index in [2.05, 4.69) is 9.97 Å². The van der Waals surface area contributed by atoms with E-state index in [0.717, 1.165) is 18.7 Å². The van der Waals surface area contributed by atoms with Crippen LogP contribution in [0.4, 0.5) is 0 Å². The lowest BCUT2D eigenvalue weighted by Gasteiger charge is -2.12. The molecule has 15 heavy (non-hydrogen) atoms. The summed E-state index contributed by atoms with van der Waals surface area (Å²) in [5.41, 5.74) is 0. The zero-order valence-electron chi connectivity index (χ0n) is 8.40. The number of nitrogens with one attached hydrogen (secondary N) is 1. The Labute approximate surface area is 87.5 Å². The average molecular weight is 207 g/mol. The predicted molar refractivity (Wildman–Crippen MR) is 52.9 cm³/mol. The van der Waals surface area contributed by atoms with Crippen LogP contribution in [0.5, 0.6) is 0 Å². The number of aromatic amines is 1. The maximum absolute atomic E-state index is 11.3. The number of nitrogens with zero attached hydrogens (tertiary/aromatic N) is 2. The standard InChI is InChI=1S/C10H13N3O2/c14-9-3-4-10(15)13(9)7-1-2-8-11-5-6-12-8/h5-6H,1-4,7H2,(H,11,12). The van der Waals surface area contributed by atoms with Crippen LogP contribution >= 0.6 is 0 Å². The van der Waals surface area contributed by atoms with Gasteiger partial charge in [-0.3, -0.25) is 14.5 Å². The van der Waals surface area contributed by atoms with Crippen LogP contribution in [0.15, 0.2) is 12.4 Å². The number of hydrogen-bond acceptors (Lipinski definition) is 3. The highest BCUT2D eigenvalue weighted by Gasteiger charge is 2.27. The first-order valence-corrected chi connectivity index (χ1v) is 5.09. The van der Waals surface area contributed by atoms with Crippen LogP contribution in [0.1, 0.15) is 25.1 Å². The lowest BCUT2D eigenvalue weighted by molar-refractivity contribution is -0.138. The zero-order chi connectivity index (χ0) is 10.7. The van der Waals surface area contributed by atoms with Gasteiger partial charge in [0.05, 0.1) is 0 Å². The van der Waals surface area contributed by atoms with Crippen LogP contribution in [0.25, 0.3) is 0 Å². The first-order valence-electron chi connectivity index (χ1n) is 5.09. The molecule has 0 aromatic carbocycles. The summed E-state index contributed by atoms with van der Waals surface area (Å²) in [6, 6.07) is 0. The number of carbonyl (C=O) groups is 2. The van der Waals surface area contributed by atoms with E-state index in [4.69, 9.17) is 0 Å². The summed E-state index contributed by atoms with van der Waals surface area (Å²) in [4.78, 5) is 30.9. The smallest absolute Gasteiger partial charge is 0.229 e. The molecule has 1 aromatic heterocycles. The highest BCUT2D eigenvalue weighted by atomic mass is 16.2. The highest BCUT2D eigenvalue weighted by molar-refractivity contribution is 6.01. The van der Waals surface area contributed by atoms with Crippen molar-refractivity contribution in [3.63, 3.8) is 0 Å². The predicted octanol–water partition coefficient (Wildman–Crippen LogP) is 0.491. The van der Waals surface area contributed by atoms with Gasteiger partial charge in [-0.15, -0.1) is 0 Å². The monoisotopic (exact) mass is 207 g/mol. The highest BCUT2D eigenvalue weighted by Crippen LogP contribution is 2.12. The van der Waals surface area contributed by atoms with Crippen molar-refractivity contribution in [2.45, 2.75) is 25.7 Å². The van der Waals surface area contributed by atoms with E-state index in [1.807, 2.05) is 0 Å². The molecular formula is C10H13N3O2. The zero-order valence-corrected chi connectivity index (χ0v) is 8.40. The molecule has 1 saturated heterocycles. The number of hydrogen-bond donors (Lipinski definition) is 1. The van der Waals surface area contributed by atoms with Gasteiger partial charge >= 0.3 is 0 Å². The van der Waals surface area contributed by atoms with E-state index in [1.165, 1.54) is 4.90 Å². The molecular weight excluding hydrogens is 194 g/mol. The first-order chi connectivity index (χ1) is 7.27. The summed E-state index contributed by atoms with van der Waals surface area (Å²) in [7, 11) is 0. The van der Waals surface area contributed by atoms with E-state index in [0.29, 0.717) is 19.4 Å². The number of rotatable bonds is 4. The number of H-pyrrole nitrogens is 1. The van der Waals surface area contributed by atoms with E-state index >= 15 is 0 Å². The third-order valence-electron chi connectivity index (χ3n) is 2.50. The number of likely N-dealkylation sites (tertiary alicyclic amines) is 1. The Morgan fingerprint density at radius 3 is 2.67 bits per heavy atom. The minimum absolute atomic E-state index is 0.0422. The first kappa shape index (κ1) is 9.89. The molecule has 5 nitrogen and oxygen atoms in total. The molecule has 0 unspecified atom stereocenters. The molecule has 0 saturated carbocycles. The fourth-order valence-electron chi connectivity index (χ4n) is 1.71. The second-order valence-electron chi connectivity index (χ2n) is 3.58. The summed E-state index contributed by atoms with van der Waals surface area (Å²) >= 11 is 0. The Kier molecular flexibility index (Phi) is 2.80. The molecule has 0 atom stereocenters. The van der Waals surface area contributed by atoms with Crippen LogP contribution < -0.4 is 0 Å². The number of aromatic nitrogens is 2. The lowest BCUT2D eigenvalue weighted by atomic mass is 10.3. The molecule has 0 bridgehead atoms. The van der Waals surface area contributed by atoms with Crippen molar-refractivity contribution in [3.05, 3.63) is 18.2 Å². The fourth-order valence-corrected chi connectivity index (χ4v) is 1.71. The largest absolute Gasteiger partial charge is 0.349 e. The van der Waals surface area contributed by atoms with Crippen LogP contribution in [-0.4, -0.2) is 33.2 Å². The van der Waals surface area contributed by atoms with Crippen molar-refractivity contribution >= 4 is 11.8 Å². The Balaban J connectivity index is 1.78. The molecule has 80 valence electrons. The van der Waals surface area contributed by atoms with Gasteiger partial charge in [0.2, 0.25) is 11.8 Å². The van der Waals surface area contributed by atoms with Gasteiger partial charge in [-0.1, -0.05) is 0 Å². The second kappa shape index (κ2) is 4.25. The quantitative estimate of drug-likeness (QED) is 0.731. The van der Waals surface area contributed by atoms with Gasteiger partial charge in [0.1, 0.15) is 5.82 Å². The Bertz CT molecular complexity index is 343. The topological polar surface area (TPSA) is 66.1 Å².